The van der Waals surface area contributed by atoms with E-state index in [2.05, 4.69) is 0 Å². The van der Waals surface area contributed by atoms with Crippen LogP contribution >= 0.6 is 0 Å². The summed E-state index contributed by atoms with van der Waals surface area (Å²) in [6.45, 7) is 3.09. The molecule has 23 heavy (non-hydrogen) atoms. The Balaban J connectivity index is 2.17. The fourth-order valence-electron chi connectivity index (χ4n) is 2.34. The second kappa shape index (κ2) is 7.94. The molecule has 0 radical (unpaired) electrons. The summed E-state index contributed by atoms with van der Waals surface area (Å²) in [5.74, 6) is -0.0878. The molecule has 0 bridgehead atoms. The first-order chi connectivity index (χ1) is 11.1. The summed E-state index contributed by atoms with van der Waals surface area (Å²) in [7, 11) is 1.30. The molecule has 0 spiro atoms. The van der Waals surface area contributed by atoms with Crippen LogP contribution in [0.25, 0.3) is 0 Å². The van der Waals surface area contributed by atoms with Crippen molar-refractivity contribution >= 4 is 23.4 Å². The van der Waals surface area contributed by atoms with Crippen LogP contribution in [0, 0.1) is 0 Å². The minimum Gasteiger partial charge on any atom is -0.452 e. The van der Waals surface area contributed by atoms with Crippen LogP contribution in [-0.2, 0) is 14.3 Å². The number of hydrogen-bond donors (Lipinski definition) is 1. The number of rotatable bonds is 5. The molecule has 126 valence electrons. The van der Waals surface area contributed by atoms with E-state index in [9.17, 15) is 14.7 Å². The first-order valence-electron chi connectivity index (χ1n) is 7.58. The highest BCUT2D eigenvalue weighted by atomic mass is 16.5. The first kappa shape index (κ1) is 17.2. The molecule has 1 aliphatic rings. The van der Waals surface area contributed by atoms with Gasteiger partial charge in [0.1, 0.15) is 6.61 Å². The lowest BCUT2D eigenvalue weighted by atomic mass is 10.2. The number of carbonyl (C=O) groups is 2. The Bertz CT molecular complexity index is 546. The maximum atomic E-state index is 11.9. The number of nitrogens with zero attached hydrogens (tertiary/aromatic N) is 2. The number of benzene rings is 1. The van der Waals surface area contributed by atoms with Crippen LogP contribution in [0.3, 0.4) is 0 Å². The summed E-state index contributed by atoms with van der Waals surface area (Å²) in [5.41, 5.74) is 1.36. The molecule has 1 aromatic carbocycles. The molecule has 1 heterocycles. The summed E-state index contributed by atoms with van der Waals surface area (Å²) >= 11 is 0. The van der Waals surface area contributed by atoms with Gasteiger partial charge in [-0.25, -0.2) is 4.79 Å². The van der Waals surface area contributed by atoms with E-state index >= 15 is 0 Å². The molecular weight excluding hydrogens is 300 g/mol. The van der Waals surface area contributed by atoms with E-state index < -0.39 is 12.2 Å². The highest BCUT2D eigenvalue weighted by Crippen LogP contribution is 2.23. The molecule has 0 unspecified atom stereocenters. The van der Waals surface area contributed by atoms with Gasteiger partial charge in [0.15, 0.2) is 0 Å². The molecule has 2 amide bonds. The number of aliphatic hydroxyl groups is 1. The number of methoxy groups -OCH3 is 1. The fraction of sp³-hybridized carbons (Fsp3) is 0.500. The van der Waals surface area contributed by atoms with E-state index in [0.717, 1.165) is 5.69 Å². The molecule has 0 aliphatic carbocycles. The van der Waals surface area contributed by atoms with Crippen LogP contribution in [-0.4, -0.2) is 56.6 Å². The van der Waals surface area contributed by atoms with Gasteiger partial charge in [-0.3, -0.25) is 9.69 Å². The van der Waals surface area contributed by atoms with Gasteiger partial charge in [0.05, 0.1) is 26.4 Å². The van der Waals surface area contributed by atoms with Gasteiger partial charge in [-0.15, -0.1) is 0 Å². The van der Waals surface area contributed by atoms with Crippen LogP contribution in [0.2, 0.25) is 0 Å². The average Bonchev–Trinajstić information content (AvgIpc) is 2.59. The third-order valence-electron chi connectivity index (χ3n) is 3.72. The van der Waals surface area contributed by atoms with E-state index in [0.29, 0.717) is 25.3 Å². The molecule has 7 nitrogen and oxygen atoms in total. The van der Waals surface area contributed by atoms with Gasteiger partial charge in [-0.1, -0.05) is 6.92 Å². The Kier molecular flexibility index (Phi) is 5.95. The van der Waals surface area contributed by atoms with Crippen LogP contribution in [0.4, 0.5) is 16.2 Å². The van der Waals surface area contributed by atoms with Gasteiger partial charge in [-0.05, 0) is 30.7 Å². The van der Waals surface area contributed by atoms with Crippen molar-refractivity contribution in [3.8, 4) is 0 Å². The van der Waals surface area contributed by atoms with Crippen molar-refractivity contribution in [3.63, 3.8) is 0 Å². The minimum absolute atomic E-state index is 0.0821. The van der Waals surface area contributed by atoms with Crippen molar-refractivity contribution in [2.45, 2.75) is 19.4 Å². The SMILES string of the molecule is CC[C@@H](O)CN(C(=O)OC)c1ccc(N2CCOCC2=O)cc1. The third kappa shape index (κ3) is 4.20. The number of aliphatic hydroxyl groups excluding tert-OH is 1. The molecule has 1 saturated heterocycles. The summed E-state index contributed by atoms with van der Waals surface area (Å²) in [4.78, 5) is 26.8. The first-order valence-corrected chi connectivity index (χ1v) is 7.58. The van der Waals surface area contributed by atoms with Crippen LogP contribution in [0.1, 0.15) is 13.3 Å². The number of morpholine rings is 1. The van der Waals surface area contributed by atoms with Gasteiger partial charge in [0.25, 0.3) is 5.91 Å². The van der Waals surface area contributed by atoms with Crippen molar-refractivity contribution < 1.29 is 24.2 Å². The molecule has 7 heteroatoms. The highest BCUT2D eigenvalue weighted by Gasteiger charge is 2.22. The zero-order chi connectivity index (χ0) is 16.8. The molecule has 0 saturated carbocycles. The Labute approximate surface area is 135 Å². The fourth-order valence-corrected chi connectivity index (χ4v) is 2.34. The standard InChI is InChI=1S/C16H22N2O5/c1-3-14(19)10-18(16(21)22-2)13-6-4-12(5-7-13)17-8-9-23-11-15(17)20/h4-7,14,19H,3,8-11H2,1-2H3/t14-/m1/s1. The molecule has 1 aromatic rings. The molecule has 1 atom stereocenters. The van der Waals surface area contributed by atoms with Gasteiger partial charge < -0.3 is 19.5 Å². The largest absolute Gasteiger partial charge is 0.452 e. The van der Waals surface area contributed by atoms with Gasteiger partial charge in [0.2, 0.25) is 0 Å². The summed E-state index contributed by atoms with van der Waals surface area (Å²) < 4.78 is 9.88. The Morgan fingerprint density at radius 1 is 1.43 bits per heavy atom. The maximum Gasteiger partial charge on any atom is 0.414 e. The Morgan fingerprint density at radius 2 is 2.13 bits per heavy atom. The number of hydrogen-bond acceptors (Lipinski definition) is 5. The zero-order valence-corrected chi connectivity index (χ0v) is 13.4. The van der Waals surface area contributed by atoms with E-state index in [1.165, 1.54) is 12.0 Å². The van der Waals surface area contributed by atoms with Crippen LogP contribution in [0.5, 0.6) is 0 Å². The van der Waals surface area contributed by atoms with Crippen molar-refractivity contribution in [2.24, 2.45) is 0 Å². The van der Waals surface area contributed by atoms with E-state index in [-0.39, 0.29) is 19.1 Å². The lowest BCUT2D eigenvalue weighted by Gasteiger charge is -2.28. The van der Waals surface area contributed by atoms with E-state index in [1.54, 1.807) is 29.2 Å². The third-order valence-corrected chi connectivity index (χ3v) is 3.72. The number of anilines is 2. The predicted octanol–water partition coefficient (Wildman–Crippen LogP) is 1.39. The summed E-state index contributed by atoms with van der Waals surface area (Å²) in [6, 6.07) is 7.01. The van der Waals surface area contributed by atoms with Crippen LogP contribution < -0.4 is 9.80 Å². The Hall–Kier alpha value is -2.12. The minimum atomic E-state index is -0.630. The predicted molar refractivity (Wildman–Crippen MR) is 85.7 cm³/mol. The van der Waals surface area contributed by atoms with Crippen molar-refractivity contribution in [3.05, 3.63) is 24.3 Å². The van der Waals surface area contributed by atoms with Crippen molar-refractivity contribution in [1.82, 2.24) is 0 Å². The van der Waals surface area contributed by atoms with Crippen molar-refractivity contribution in [1.29, 1.82) is 0 Å². The second-order valence-electron chi connectivity index (χ2n) is 5.26. The number of ether oxygens (including phenoxy) is 2. The van der Waals surface area contributed by atoms with E-state index in [1.807, 2.05) is 6.92 Å². The smallest absolute Gasteiger partial charge is 0.414 e. The van der Waals surface area contributed by atoms with Crippen LogP contribution in [0.15, 0.2) is 24.3 Å². The molecule has 2 rings (SSSR count). The van der Waals surface area contributed by atoms with Crippen molar-refractivity contribution in [2.75, 3.05) is 43.2 Å². The maximum absolute atomic E-state index is 11.9. The van der Waals surface area contributed by atoms with E-state index in [4.69, 9.17) is 9.47 Å². The highest BCUT2D eigenvalue weighted by molar-refractivity contribution is 5.95. The quantitative estimate of drug-likeness (QED) is 0.886. The summed E-state index contributed by atoms with van der Waals surface area (Å²) in [6.07, 6.45) is -0.629. The second-order valence-corrected chi connectivity index (χ2v) is 5.26. The molecular formula is C16H22N2O5. The number of amides is 2. The topological polar surface area (TPSA) is 79.3 Å². The monoisotopic (exact) mass is 322 g/mol. The number of carbonyl (C=O) groups excluding carboxylic acids is 2. The summed E-state index contributed by atoms with van der Waals surface area (Å²) in [5, 5.41) is 9.81. The normalized spacial score (nSPS) is 16.1. The lowest BCUT2D eigenvalue weighted by Crippen LogP contribution is -2.41. The van der Waals surface area contributed by atoms with Gasteiger partial charge in [-0.2, -0.15) is 0 Å². The van der Waals surface area contributed by atoms with Gasteiger partial charge >= 0.3 is 6.09 Å². The average molecular weight is 322 g/mol. The molecule has 0 aromatic heterocycles. The molecule has 1 N–H and O–H groups in total. The Morgan fingerprint density at radius 3 is 2.70 bits per heavy atom. The molecule has 1 aliphatic heterocycles. The molecule has 1 fully saturated rings. The van der Waals surface area contributed by atoms with Gasteiger partial charge in [0, 0.05) is 17.9 Å². The zero-order valence-electron chi connectivity index (χ0n) is 13.4. The lowest BCUT2D eigenvalue weighted by molar-refractivity contribution is -0.125.